The van der Waals surface area contributed by atoms with Gasteiger partial charge in [0, 0.05) is 37.0 Å². The SMILES string of the molecule is Cc1nc(CN2CCOC[C@@]3(CCCNC3)C2)cs1. The minimum atomic E-state index is 0.319. The van der Waals surface area contributed by atoms with Crippen molar-refractivity contribution in [1.29, 1.82) is 0 Å². The normalized spacial score (nSPS) is 29.5. The van der Waals surface area contributed by atoms with Gasteiger partial charge in [-0.1, -0.05) is 0 Å². The summed E-state index contributed by atoms with van der Waals surface area (Å²) in [5.74, 6) is 0. The molecule has 2 aliphatic rings. The Morgan fingerprint density at radius 3 is 3.26 bits per heavy atom. The molecule has 0 saturated carbocycles. The zero-order valence-corrected chi connectivity index (χ0v) is 12.5. The molecule has 19 heavy (non-hydrogen) atoms. The molecular formula is C14H23N3OS. The Labute approximate surface area is 119 Å². The molecule has 1 spiro atoms. The number of piperidine rings is 1. The van der Waals surface area contributed by atoms with Gasteiger partial charge >= 0.3 is 0 Å². The van der Waals surface area contributed by atoms with Crippen LogP contribution < -0.4 is 5.32 Å². The lowest BCUT2D eigenvalue weighted by Gasteiger charge is -2.38. The molecular weight excluding hydrogens is 258 g/mol. The third kappa shape index (κ3) is 3.34. The van der Waals surface area contributed by atoms with Crippen LogP contribution in [-0.2, 0) is 11.3 Å². The van der Waals surface area contributed by atoms with Crippen LogP contribution in [0.15, 0.2) is 5.38 Å². The molecule has 0 aromatic carbocycles. The smallest absolute Gasteiger partial charge is 0.0897 e. The van der Waals surface area contributed by atoms with Crippen LogP contribution in [0.25, 0.3) is 0 Å². The van der Waals surface area contributed by atoms with Gasteiger partial charge in [0.05, 0.1) is 23.9 Å². The molecule has 3 heterocycles. The summed E-state index contributed by atoms with van der Waals surface area (Å²) >= 11 is 1.74. The molecule has 0 unspecified atom stereocenters. The molecule has 0 bridgehead atoms. The second-order valence-corrected chi connectivity index (χ2v) is 6.96. The van der Waals surface area contributed by atoms with Gasteiger partial charge < -0.3 is 10.1 Å². The summed E-state index contributed by atoms with van der Waals surface area (Å²) in [6, 6.07) is 0. The maximum Gasteiger partial charge on any atom is 0.0897 e. The number of hydrogen-bond donors (Lipinski definition) is 1. The summed E-state index contributed by atoms with van der Waals surface area (Å²) in [6.45, 7) is 9.22. The first-order chi connectivity index (χ1) is 9.26. The first kappa shape index (κ1) is 13.5. The topological polar surface area (TPSA) is 37.4 Å². The van der Waals surface area contributed by atoms with E-state index in [0.29, 0.717) is 5.41 Å². The van der Waals surface area contributed by atoms with Gasteiger partial charge in [0.2, 0.25) is 0 Å². The minimum Gasteiger partial charge on any atom is -0.379 e. The molecule has 2 fully saturated rings. The molecule has 1 aromatic rings. The van der Waals surface area contributed by atoms with Gasteiger partial charge in [0.25, 0.3) is 0 Å². The van der Waals surface area contributed by atoms with Crippen molar-refractivity contribution < 1.29 is 4.74 Å². The van der Waals surface area contributed by atoms with Crippen LogP contribution in [0.2, 0.25) is 0 Å². The molecule has 2 aliphatic heterocycles. The van der Waals surface area contributed by atoms with Gasteiger partial charge in [-0.3, -0.25) is 4.90 Å². The number of nitrogens with zero attached hydrogens (tertiary/aromatic N) is 2. The van der Waals surface area contributed by atoms with Gasteiger partial charge in [0.15, 0.2) is 0 Å². The number of rotatable bonds is 2. The minimum absolute atomic E-state index is 0.319. The Bertz CT molecular complexity index is 415. The summed E-state index contributed by atoms with van der Waals surface area (Å²) in [6.07, 6.45) is 2.56. The van der Waals surface area contributed by atoms with E-state index in [9.17, 15) is 0 Å². The van der Waals surface area contributed by atoms with Crippen molar-refractivity contribution in [3.05, 3.63) is 16.1 Å². The van der Waals surface area contributed by atoms with E-state index in [2.05, 4.69) is 27.5 Å². The van der Waals surface area contributed by atoms with Gasteiger partial charge in [-0.2, -0.15) is 0 Å². The predicted molar refractivity (Wildman–Crippen MR) is 77.5 cm³/mol. The van der Waals surface area contributed by atoms with E-state index < -0.39 is 0 Å². The number of ether oxygens (including phenoxy) is 1. The summed E-state index contributed by atoms with van der Waals surface area (Å²) in [5, 5.41) is 6.89. The molecule has 1 atom stereocenters. The highest BCUT2D eigenvalue weighted by molar-refractivity contribution is 7.09. The molecule has 1 aromatic heterocycles. The van der Waals surface area contributed by atoms with Crippen molar-refractivity contribution in [3.63, 3.8) is 0 Å². The molecule has 5 heteroatoms. The lowest BCUT2D eigenvalue weighted by molar-refractivity contribution is 0.0487. The Morgan fingerprint density at radius 2 is 2.53 bits per heavy atom. The van der Waals surface area contributed by atoms with E-state index >= 15 is 0 Å². The maximum absolute atomic E-state index is 5.86. The van der Waals surface area contributed by atoms with Crippen molar-refractivity contribution in [2.24, 2.45) is 5.41 Å². The number of nitrogens with one attached hydrogen (secondary N) is 1. The molecule has 3 rings (SSSR count). The molecule has 106 valence electrons. The third-order valence-electron chi connectivity index (χ3n) is 4.13. The van der Waals surface area contributed by atoms with Crippen LogP contribution in [0.5, 0.6) is 0 Å². The van der Waals surface area contributed by atoms with Crippen molar-refractivity contribution in [2.45, 2.75) is 26.3 Å². The second kappa shape index (κ2) is 5.87. The Balaban J connectivity index is 1.67. The first-order valence-electron chi connectivity index (χ1n) is 7.18. The van der Waals surface area contributed by atoms with E-state index in [1.165, 1.54) is 18.5 Å². The zero-order valence-electron chi connectivity index (χ0n) is 11.7. The van der Waals surface area contributed by atoms with Crippen LogP contribution in [0.3, 0.4) is 0 Å². The molecule has 0 aliphatic carbocycles. The Morgan fingerprint density at radius 1 is 1.58 bits per heavy atom. The van der Waals surface area contributed by atoms with Crippen LogP contribution >= 0.6 is 11.3 Å². The zero-order chi connectivity index (χ0) is 13.1. The highest BCUT2D eigenvalue weighted by atomic mass is 32.1. The summed E-state index contributed by atoms with van der Waals surface area (Å²) in [4.78, 5) is 7.11. The molecule has 1 N–H and O–H groups in total. The quantitative estimate of drug-likeness (QED) is 0.894. The number of hydrogen-bond acceptors (Lipinski definition) is 5. The van der Waals surface area contributed by atoms with Gasteiger partial charge in [-0.25, -0.2) is 4.98 Å². The lowest BCUT2D eigenvalue weighted by Crippen LogP contribution is -2.48. The molecule has 0 radical (unpaired) electrons. The maximum atomic E-state index is 5.86. The van der Waals surface area contributed by atoms with E-state index in [0.717, 1.165) is 50.9 Å². The fourth-order valence-corrected chi connectivity index (χ4v) is 3.82. The third-order valence-corrected chi connectivity index (χ3v) is 4.95. The van der Waals surface area contributed by atoms with Gasteiger partial charge in [-0.15, -0.1) is 11.3 Å². The van der Waals surface area contributed by atoms with E-state index in [1.807, 2.05) is 0 Å². The van der Waals surface area contributed by atoms with Crippen molar-refractivity contribution >= 4 is 11.3 Å². The monoisotopic (exact) mass is 281 g/mol. The largest absolute Gasteiger partial charge is 0.379 e. The number of aryl methyl sites for hydroxylation is 1. The molecule has 4 nitrogen and oxygen atoms in total. The predicted octanol–water partition coefficient (Wildman–Crippen LogP) is 1.65. The van der Waals surface area contributed by atoms with Crippen LogP contribution in [-0.4, -0.2) is 49.3 Å². The average Bonchev–Trinajstić information content (AvgIpc) is 2.71. The molecule has 2 saturated heterocycles. The number of thiazole rings is 1. The summed E-state index contributed by atoms with van der Waals surface area (Å²) in [7, 11) is 0. The standard InChI is InChI=1S/C14H23N3OS/c1-12-16-13(8-19-12)7-17-5-6-18-11-14(10-17)3-2-4-15-9-14/h8,15H,2-7,9-11H2,1H3/t14-/m1/s1. The Hall–Kier alpha value is -0.490. The second-order valence-electron chi connectivity index (χ2n) is 5.90. The van der Waals surface area contributed by atoms with E-state index in [4.69, 9.17) is 4.74 Å². The van der Waals surface area contributed by atoms with Crippen LogP contribution in [0.1, 0.15) is 23.5 Å². The van der Waals surface area contributed by atoms with Crippen molar-refractivity contribution in [2.75, 3.05) is 39.4 Å². The summed E-state index contributed by atoms with van der Waals surface area (Å²) in [5.41, 5.74) is 1.53. The average molecular weight is 281 g/mol. The fourth-order valence-electron chi connectivity index (χ4n) is 3.21. The van der Waals surface area contributed by atoms with E-state index in [1.54, 1.807) is 11.3 Å². The first-order valence-corrected chi connectivity index (χ1v) is 8.06. The van der Waals surface area contributed by atoms with Crippen LogP contribution in [0, 0.1) is 12.3 Å². The highest BCUT2D eigenvalue weighted by Gasteiger charge is 2.36. The van der Waals surface area contributed by atoms with Gasteiger partial charge in [0.1, 0.15) is 0 Å². The number of aromatic nitrogens is 1. The van der Waals surface area contributed by atoms with Gasteiger partial charge in [-0.05, 0) is 26.3 Å². The fraction of sp³-hybridized carbons (Fsp3) is 0.786. The molecule has 0 amide bonds. The van der Waals surface area contributed by atoms with Crippen molar-refractivity contribution in [3.8, 4) is 0 Å². The van der Waals surface area contributed by atoms with Crippen molar-refractivity contribution in [1.82, 2.24) is 15.2 Å². The lowest BCUT2D eigenvalue weighted by atomic mass is 9.81. The van der Waals surface area contributed by atoms with E-state index in [-0.39, 0.29) is 0 Å². The van der Waals surface area contributed by atoms with Crippen LogP contribution in [0.4, 0.5) is 0 Å². The highest BCUT2D eigenvalue weighted by Crippen LogP contribution is 2.30. The Kier molecular flexibility index (Phi) is 4.17. The summed E-state index contributed by atoms with van der Waals surface area (Å²) < 4.78 is 5.86.